The molecule has 0 N–H and O–H groups in total. The maximum Gasteiger partial charge on any atom is 0.0945 e. The highest BCUT2D eigenvalue weighted by Crippen LogP contribution is 2.50. The summed E-state index contributed by atoms with van der Waals surface area (Å²) in [5.74, 6) is 1.30. The Hall–Kier alpha value is -0.870. The molecule has 2 nitrogen and oxygen atoms in total. The van der Waals surface area contributed by atoms with Gasteiger partial charge in [0.2, 0.25) is 0 Å². The minimum absolute atomic E-state index is 0.341. The Kier molecular flexibility index (Phi) is 5.76. The molecule has 0 amide bonds. The van der Waals surface area contributed by atoms with Gasteiger partial charge in [0.05, 0.1) is 10.4 Å². The quantitative estimate of drug-likeness (QED) is 0.718. The lowest BCUT2D eigenvalue weighted by atomic mass is 10.0. The van der Waals surface area contributed by atoms with Crippen molar-refractivity contribution < 1.29 is 0 Å². The Bertz CT molecular complexity index is 594. The molecule has 0 aliphatic carbocycles. The van der Waals surface area contributed by atoms with Crippen molar-refractivity contribution in [2.45, 2.75) is 55.4 Å². The highest BCUT2D eigenvalue weighted by molar-refractivity contribution is 8.19. The maximum atomic E-state index is 4.15. The second-order valence-electron chi connectivity index (χ2n) is 6.54. The minimum atomic E-state index is 0.341. The van der Waals surface area contributed by atoms with Crippen molar-refractivity contribution in [2.75, 3.05) is 5.75 Å². The van der Waals surface area contributed by atoms with E-state index in [2.05, 4.69) is 77.4 Å². The van der Waals surface area contributed by atoms with Gasteiger partial charge in [-0.1, -0.05) is 36.8 Å². The van der Waals surface area contributed by atoms with E-state index in [0.717, 1.165) is 11.8 Å². The van der Waals surface area contributed by atoms with Crippen LogP contribution in [0.2, 0.25) is 0 Å². The van der Waals surface area contributed by atoms with E-state index in [9.17, 15) is 0 Å². The van der Waals surface area contributed by atoms with E-state index < -0.39 is 0 Å². The summed E-state index contributed by atoms with van der Waals surface area (Å²) in [6.07, 6.45) is 10.9. The highest BCUT2D eigenvalue weighted by atomic mass is 32.2. The molecule has 1 aromatic carbocycles. The Balaban J connectivity index is 1.67. The number of aromatic nitrogens is 2. The number of aryl methyl sites for hydroxylation is 2. The lowest BCUT2D eigenvalue weighted by Crippen LogP contribution is -2.31. The number of rotatable bonds is 6. The summed E-state index contributed by atoms with van der Waals surface area (Å²) in [5, 5.41) is 0.773. The number of hydrogen-bond donors (Lipinski definition) is 0. The predicted octanol–water partition coefficient (Wildman–Crippen LogP) is 5.17. The minimum Gasteiger partial charge on any atom is -0.337 e. The second-order valence-corrected chi connectivity index (χ2v) is 10.1. The average Bonchev–Trinajstić information content (AvgIpc) is 3.03. The molecular formula is C19H26N2S2. The van der Waals surface area contributed by atoms with Crippen LogP contribution in [0, 0.1) is 6.92 Å². The molecule has 3 rings (SSSR count). The van der Waals surface area contributed by atoms with Gasteiger partial charge in [0.25, 0.3) is 0 Å². The fourth-order valence-electron chi connectivity index (χ4n) is 3.15. The first-order valence-electron chi connectivity index (χ1n) is 8.48. The summed E-state index contributed by atoms with van der Waals surface area (Å²) < 4.78 is 2.54. The van der Waals surface area contributed by atoms with Crippen LogP contribution in [0.3, 0.4) is 0 Å². The highest BCUT2D eigenvalue weighted by Gasteiger charge is 2.36. The molecule has 1 aliphatic heterocycles. The summed E-state index contributed by atoms with van der Waals surface area (Å²) >= 11 is 4.40. The maximum absolute atomic E-state index is 4.15. The summed E-state index contributed by atoms with van der Waals surface area (Å²) in [7, 11) is 0. The normalized spacial score (nSPS) is 24.7. The van der Waals surface area contributed by atoms with Crippen molar-refractivity contribution in [3.63, 3.8) is 0 Å². The van der Waals surface area contributed by atoms with Crippen LogP contribution in [-0.4, -0.2) is 24.6 Å². The second kappa shape index (κ2) is 7.80. The molecule has 124 valence electrons. The zero-order chi connectivity index (χ0) is 16.1. The number of imidazole rings is 1. The topological polar surface area (TPSA) is 17.8 Å². The summed E-state index contributed by atoms with van der Waals surface area (Å²) in [6.45, 7) is 5.63. The molecular weight excluding hydrogens is 320 g/mol. The lowest BCUT2D eigenvalue weighted by Gasteiger charge is -2.39. The first-order chi connectivity index (χ1) is 11.2. The lowest BCUT2D eigenvalue weighted by molar-refractivity contribution is 0.573. The number of hydrogen-bond acceptors (Lipinski definition) is 3. The SMILES string of the molecule is Cc1ccc(CC2(CCCn3ccnc3)SCCC(C)S2)cc1. The molecule has 0 bridgehead atoms. The van der Waals surface area contributed by atoms with E-state index in [1.165, 1.54) is 42.6 Å². The van der Waals surface area contributed by atoms with Gasteiger partial charge in [-0.15, -0.1) is 23.5 Å². The fraction of sp³-hybridized carbons (Fsp3) is 0.526. The van der Waals surface area contributed by atoms with Gasteiger partial charge in [0.1, 0.15) is 0 Å². The van der Waals surface area contributed by atoms with Gasteiger partial charge in [-0.05, 0) is 43.9 Å². The molecule has 2 atom stereocenters. The van der Waals surface area contributed by atoms with Crippen molar-refractivity contribution in [2.24, 2.45) is 0 Å². The molecule has 23 heavy (non-hydrogen) atoms. The molecule has 1 fully saturated rings. The van der Waals surface area contributed by atoms with Gasteiger partial charge in [0, 0.05) is 24.2 Å². The Morgan fingerprint density at radius 3 is 2.83 bits per heavy atom. The van der Waals surface area contributed by atoms with E-state index in [1.807, 2.05) is 12.5 Å². The van der Waals surface area contributed by atoms with E-state index in [1.54, 1.807) is 0 Å². The van der Waals surface area contributed by atoms with E-state index >= 15 is 0 Å². The van der Waals surface area contributed by atoms with Crippen LogP contribution in [0.1, 0.15) is 37.3 Å². The molecule has 2 heterocycles. The fourth-order valence-corrected chi connectivity index (χ4v) is 7.20. The van der Waals surface area contributed by atoms with Gasteiger partial charge in [-0.3, -0.25) is 0 Å². The smallest absolute Gasteiger partial charge is 0.0945 e. The third-order valence-corrected chi connectivity index (χ3v) is 7.81. The van der Waals surface area contributed by atoms with Gasteiger partial charge >= 0.3 is 0 Å². The monoisotopic (exact) mass is 346 g/mol. The summed E-state index contributed by atoms with van der Waals surface area (Å²) in [5.41, 5.74) is 2.83. The largest absolute Gasteiger partial charge is 0.337 e. The summed E-state index contributed by atoms with van der Waals surface area (Å²) in [6, 6.07) is 9.12. The van der Waals surface area contributed by atoms with E-state index in [4.69, 9.17) is 0 Å². The van der Waals surface area contributed by atoms with Crippen molar-refractivity contribution in [1.82, 2.24) is 9.55 Å². The van der Waals surface area contributed by atoms with Crippen LogP contribution in [0.25, 0.3) is 0 Å². The third-order valence-electron chi connectivity index (χ3n) is 4.43. The van der Waals surface area contributed by atoms with Crippen LogP contribution in [-0.2, 0) is 13.0 Å². The van der Waals surface area contributed by atoms with Crippen LogP contribution in [0.15, 0.2) is 43.0 Å². The molecule has 1 saturated heterocycles. The first kappa shape index (κ1) is 17.0. The zero-order valence-electron chi connectivity index (χ0n) is 14.1. The molecule has 4 heteroatoms. The summed E-state index contributed by atoms with van der Waals surface area (Å²) in [4.78, 5) is 4.15. The molecule has 0 saturated carbocycles. The zero-order valence-corrected chi connectivity index (χ0v) is 15.7. The van der Waals surface area contributed by atoms with E-state index in [0.29, 0.717) is 4.08 Å². The van der Waals surface area contributed by atoms with Gasteiger partial charge < -0.3 is 4.57 Å². The van der Waals surface area contributed by atoms with Crippen LogP contribution in [0.5, 0.6) is 0 Å². The Morgan fingerprint density at radius 2 is 2.13 bits per heavy atom. The Morgan fingerprint density at radius 1 is 1.30 bits per heavy atom. The number of benzene rings is 1. The molecule has 1 aliphatic rings. The standard InChI is InChI=1S/C19H26N2S2/c1-16-4-6-18(7-5-16)14-19(22-13-8-17(2)23-19)9-3-11-21-12-10-20-15-21/h4-7,10,12,15,17H,3,8-9,11,13-14H2,1-2H3. The average molecular weight is 347 g/mol. The Labute approximate surface area is 148 Å². The van der Waals surface area contributed by atoms with Crippen molar-refractivity contribution in [3.05, 3.63) is 54.1 Å². The van der Waals surface area contributed by atoms with Crippen LogP contribution >= 0.6 is 23.5 Å². The third kappa shape index (κ3) is 4.80. The van der Waals surface area contributed by atoms with Gasteiger partial charge in [0.15, 0.2) is 0 Å². The molecule has 1 aromatic heterocycles. The number of nitrogens with zero attached hydrogens (tertiary/aromatic N) is 2. The molecule has 2 aromatic rings. The molecule has 2 unspecified atom stereocenters. The van der Waals surface area contributed by atoms with E-state index in [-0.39, 0.29) is 0 Å². The molecule has 0 spiro atoms. The molecule has 0 radical (unpaired) electrons. The predicted molar refractivity (Wildman–Crippen MR) is 103 cm³/mol. The van der Waals surface area contributed by atoms with Crippen molar-refractivity contribution in [3.8, 4) is 0 Å². The van der Waals surface area contributed by atoms with Crippen LogP contribution < -0.4 is 0 Å². The van der Waals surface area contributed by atoms with Crippen molar-refractivity contribution in [1.29, 1.82) is 0 Å². The van der Waals surface area contributed by atoms with Crippen molar-refractivity contribution >= 4 is 23.5 Å². The van der Waals surface area contributed by atoms with Gasteiger partial charge in [-0.25, -0.2) is 4.98 Å². The number of thioether (sulfide) groups is 2. The van der Waals surface area contributed by atoms with Gasteiger partial charge in [-0.2, -0.15) is 0 Å². The first-order valence-corrected chi connectivity index (χ1v) is 10.3. The van der Waals surface area contributed by atoms with Crippen LogP contribution in [0.4, 0.5) is 0 Å².